The Labute approximate surface area is 138 Å². The molecule has 0 bridgehead atoms. The van der Waals surface area contributed by atoms with Gasteiger partial charge in [-0.2, -0.15) is 0 Å². The zero-order valence-corrected chi connectivity index (χ0v) is 13.0. The van der Waals surface area contributed by atoms with Gasteiger partial charge in [0.15, 0.2) is 17.3 Å². The van der Waals surface area contributed by atoms with E-state index in [1.165, 1.54) is 17.0 Å². The molecule has 6 nitrogen and oxygen atoms in total. The van der Waals surface area contributed by atoms with Crippen LogP contribution in [0.25, 0.3) is 0 Å². The van der Waals surface area contributed by atoms with Crippen molar-refractivity contribution < 1.29 is 18.7 Å². The fraction of sp³-hybridized carbons (Fsp3) is 0.176. The summed E-state index contributed by atoms with van der Waals surface area (Å²) < 4.78 is 19.5. The van der Waals surface area contributed by atoms with Crippen molar-refractivity contribution in [3.8, 4) is 11.5 Å². The fourth-order valence-corrected chi connectivity index (χ4v) is 2.78. The second-order valence-electron chi connectivity index (χ2n) is 5.46. The van der Waals surface area contributed by atoms with Crippen LogP contribution in [0.5, 0.6) is 11.5 Å². The Bertz CT molecular complexity index is 809. The predicted octanol–water partition coefficient (Wildman–Crippen LogP) is 2.17. The third-order valence-corrected chi connectivity index (χ3v) is 3.84. The molecular weight excluding hydrogens is 313 g/mol. The molecule has 0 spiro atoms. The number of hydrogen-bond donors (Lipinski definition) is 2. The van der Waals surface area contributed by atoms with Crippen LogP contribution in [0.1, 0.15) is 5.56 Å². The predicted molar refractivity (Wildman–Crippen MR) is 86.5 cm³/mol. The van der Waals surface area contributed by atoms with Gasteiger partial charge in [0.2, 0.25) is 5.91 Å². The number of nitrogens with one attached hydrogen (secondary N) is 1. The van der Waals surface area contributed by atoms with Gasteiger partial charge in [0, 0.05) is 13.5 Å². The SMILES string of the molecule is CN1C(=O)C(NC(N)=O)Cc2cccc(Oc3ccccc3F)c21. The fourth-order valence-electron chi connectivity index (χ4n) is 2.78. The van der Waals surface area contributed by atoms with E-state index in [0.29, 0.717) is 11.4 Å². The molecule has 2 aromatic rings. The monoisotopic (exact) mass is 329 g/mol. The van der Waals surface area contributed by atoms with Gasteiger partial charge < -0.3 is 20.7 Å². The first-order chi connectivity index (χ1) is 11.5. The van der Waals surface area contributed by atoms with Crippen molar-refractivity contribution in [2.75, 3.05) is 11.9 Å². The third-order valence-electron chi connectivity index (χ3n) is 3.84. The van der Waals surface area contributed by atoms with Crippen LogP contribution in [0.15, 0.2) is 42.5 Å². The highest BCUT2D eigenvalue weighted by atomic mass is 19.1. The summed E-state index contributed by atoms with van der Waals surface area (Å²) in [6.45, 7) is 0. The summed E-state index contributed by atoms with van der Waals surface area (Å²) in [7, 11) is 1.57. The molecule has 1 heterocycles. The molecule has 1 unspecified atom stereocenters. The van der Waals surface area contributed by atoms with Crippen molar-refractivity contribution in [1.29, 1.82) is 0 Å². The number of rotatable bonds is 3. The number of ether oxygens (including phenoxy) is 1. The van der Waals surface area contributed by atoms with Crippen molar-refractivity contribution in [1.82, 2.24) is 5.32 Å². The van der Waals surface area contributed by atoms with Crippen molar-refractivity contribution in [3.05, 3.63) is 53.8 Å². The van der Waals surface area contributed by atoms with Crippen LogP contribution in [0.2, 0.25) is 0 Å². The molecule has 0 aliphatic carbocycles. The molecular formula is C17H16FN3O3. The Morgan fingerprint density at radius 2 is 1.96 bits per heavy atom. The number of carbonyl (C=O) groups excluding carboxylic acids is 2. The number of nitrogens with two attached hydrogens (primary N) is 1. The van der Waals surface area contributed by atoms with E-state index >= 15 is 0 Å². The zero-order valence-electron chi connectivity index (χ0n) is 13.0. The lowest BCUT2D eigenvalue weighted by Gasteiger charge is -2.32. The molecule has 1 atom stereocenters. The molecule has 2 aromatic carbocycles. The summed E-state index contributed by atoms with van der Waals surface area (Å²) in [6, 6.07) is 9.78. The molecule has 1 aliphatic rings. The van der Waals surface area contributed by atoms with E-state index in [4.69, 9.17) is 10.5 Å². The second kappa shape index (κ2) is 6.19. The van der Waals surface area contributed by atoms with Gasteiger partial charge in [-0.1, -0.05) is 24.3 Å². The van der Waals surface area contributed by atoms with E-state index in [2.05, 4.69) is 5.32 Å². The maximum absolute atomic E-state index is 13.8. The molecule has 0 saturated heterocycles. The number of primary amides is 1. The Balaban J connectivity index is 1.97. The number of urea groups is 1. The first-order valence-electron chi connectivity index (χ1n) is 7.35. The van der Waals surface area contributed by atoms with Crippen LogP contribution >= 0.6 is 0 Å². The number of nitrogens with zero attached hydrogens (tertiary/aromatic N) is 1. The minimum atomic E-state index is -0.760. The summed E-state index contributed by atoms with van der Waals surface area (Å²) >= 11 is 0. The minimum Gasteiger partial charge on any atom is -0.452 e. The highest BCUT2D eigenvalue weighted by molar-refractivity contribution is 6.02. The van der Waals surface area contributed by atoms with Crippen LogP contribution in [-0.2, 0) is 11.2 Å². The summed E-state index contributed by atoms with van der Waals surface area (Å²) in [5.41, 5.74) is 6.46. The van der Waals surface area contributed by atoms with Gasteiger partial charge in [-0.3, -0.25) is 4.79 Å². The van der Waals surface area contributed by atoms with Crippen molar-refractivity contribution in [2.24, 2.45) is 5.73 Å². The van der Waals surface area contributed by atoms with E-state index in [1.807, 2.05) is 6.07 Å². The van der Waals surface area contributed by atoms with Gasteiger partial charge in [-0.05, 0) is 23.8 Å². The number of para-hydroxylation sites is 2. The number of fused-ring (bicyclic) bond motifs is 1. The molecule has 0 fully saturated rings. The third kappa shape index (κ3) is 2.88. The van der Waals surface area contributed by atoms with Gasteiger partial charge in [-0.15, -0.1) is 0 Å². The molecule has 3 rings (SSSR count). The smallest absolute Gasteiger partial charge is 0.312 e. The highest BCUT2D eigenvalue weighted by Crippen LogP contribution is 2.38. The molecule has 0 radical (unpaired) electrons. The molecule has 124 valence electrons. The molecule has 3 amide bonds. The Kier molecular flexibility index (Phi) is 4.07. The Hall–Kier alpha value is -3.09. The molecule has 0 aromatic heterocycles. The summed E-state index contributed by atoms with van der Waals surface area (Å²) in [5, 5.41) is 2.43. The topological polar surface area (TPSA) is 84.7 Å². The Morgan fingerprint density at radius 1 is 1.25 bits per heavy atom. The quantitative estimate of drug-likeness (QED) is 0.905. The highest BCUT2D eigenvalue weighted by Gasteiger charge is 2.33. The minimum absolute atomic E-state index is 0.0733. The zero-order chi connectivity index (χ0) is 17.3. The summed E-state index contributed by atoms with van der Waals surface area (Å²) in [5.74, 6) is -0.367. The number of anilines is 1. The normalized spacial score (nSPS) is 16.5. The van der Waals surface area contributed by atoms with E-state index in [0.717, 1.165) is 5.56 Å². The molecule has 7 heteroatoms. The number of likely N-dealkylation sites (N-methyl/N-ethyl adjacent to an activating group) is 1. The van der Waals surface area contributed by atoms with Crippen molar-refractivity contribution >= 4 is 17.6 Å². The van der Waals surface area contributed by atoms with Crippen LogP contribution in [0.4, 0.5) is 14.9 Å². The van der Waals surface area contributed by atoms with Gasteiger partial charge in [0.25, 0.3) is 0 Å². The van der Waals surface area contributed by atoms with Gasteiger partial charge in [-0.25, -0.2) is 9.18 Å². The number of benzene rings is 2. The van der Waals surface area contributed by atoms with Crippen LogP contribution in [0, 0.1) is 5.82 Å². The second-order valence-corrected chi connectivity index (χ2v) is 5.46. The first-order valence-corrected chi connectivity index (χ1v) is 7.35. The number of carbonyl (C=O) groups is 2. The molecule has 24 heavy (non-hydrogen) atoms. The lowest BCUT2D eigenvalue weighted by molar-refractivity contribution is -0.120. The van der Waals surface area contributed by atoms with E-state index in [1.54, 1.807) is 31.3 Å². The van der Waals surface area contributed by atoms with E-state index in [9.17, 15) is 14.0 Å². The van der Waals surface area contributed by atoms with Gasteiger partial charge in [0.05, 0.1) is 5.69 Å². The average Bonchev–Trinajstić information content (AvgIpc) is 2.54. The first kappa shape index (κ1) is 15.8. The lowest BCUT2D eigenvalue weighted by Crippen LogP contribution is -2.53. The molecule has 0 saturated carbocycles. The van der Waals surface area contributed by atoms with Gasteiger partial charge >= 0.3 is 6.03 Å². The van der Waals surface area contributed by atoms with E-state index in [-0.39, 0.29) is 18.1 Å². The largest absolute Gasteiger partial charge is 0.452 e. The van der Waals surface area contributed by atoms with Crippen LogP contribution in [0.3, 0.4) is 0 Å². The number of halogens is 1. The number of amides is 3. The van der Waals surface area contributed by atoms with Crippen LogP contribution < -0.4 is 20.7 Å². The van der Waals surface area contributed by atoms with Gasteiger partial charge in [0.1, 0.15) is 6.04 Å². The lowest BCUT2D eigenvalue weighted by atomic mass is 9.97. The maximum Gasteiger partial charge on any atom is 0.312 e. The van der Waals surface area contributed by atoms with Crippen LogP contribution in [-0.4, -0.2) is 25.0 Å². The average molecular weight is 329 g/mol. The van der Waals surface area contributed by atoms with Crippen molar-refractivity contribution in [2.45, 2.75) is 12.5 Å². The number of hydrogen-bond acceptors (Lipinski definition) is 3. The standard InChI is InChI=1S/C17H16FN3O3/c1-21-15-10(9-12(16(21)22)20-17(19)23)5-4-8-14(15)24-13-7-3-2-6-11(13)18/h2-8,12H,9H2,1H3,(H3,19,20,23). The molecule has 3 N–H and O–H groups in total. The van der Waals surface area contributed by atoms with E-state index < -0.39 is 17.9 Å². The summed E-state index contributed by atoms with van der Waals surface area (Å²) in [4.78, 5) is 24.9. The maximum atomic E-state index is 13.8. The van der Waals surface area contributed by atoms with Crippen molar-refractivity contribution in [3.63, 3.8) is 0 Å². The summed E-state index contributed by atoms with van der Waals surface area (Å²) in [6.07, 6.45) is 0.288. The Morgan fingerprint density at radius 3 is 2.67 bits per heavy atom. The molecule has 1 aliphatic heterocycles.